The molecule has 2 atom stereocenters. The lowest BCUT2D eigenvalue weighted by atomic mass is 10.0. The third kappa shape index (κ3) is 4.94. The van der Waals surface area contributed by atoms with Crippen molar-refractivity contribution >= 4 is 16.0 Å². The first-order valence-electron chi connectivity index (χ1n) is 4.67. The molecule has 0 heterocycles. The quantitative estimate of drug-likeness (QED) is 0.633. The van der Waals surface area contributed by atoms with E-state index in [0.29, 0.717) is 6.42 Å². The topological polar surface area (TPSA) is 83.5 Å². The van der Waals surface area contributed by atoms with Crippen LogP contribution in [0.2, 0.25) is 0 Å². The Kier molecular flexibility index (Phi) is 5.53. The van der Waals surface area contributed by atoms with Gasteiger partial charge in [0.25, 0.3) is 0 Å². The molecule has 5 nitrogen and oxygen atoms in total. The summed E-state index contributed by atoms with van der Waals surface area (Å²) in [6.45, 7) is 6.79. The van der Waals surface area contributed by atoms with Gasteiger partial charge < -0.3 is 5.11 Å². The Balaban J connectivity index is 4.69. The molecule has 2 N–H and O–H groups in total. The fourth-order valence-corrected chi connectivity index (χ4v) is 2.17. The Morgan fingerprint density at radius 2 is 2.13 bits per heavy atom. The maximum atomic E-state index is 11.3. The third-order valence-corrected chi connectivity index (χ3v) is 3.41. The van der Waals surface area contributed by atoms with Crippen molar-refractivity contribution in [3.63, 3.8) is 0 Å². The van der Waals surface area contributed by atoms with Crippen LogP contribution in [0.25, 0.3) is 0 Å². The zero-order valence-corrected chi connectivity index (χ0v) is 9.75. The molecule has 1 unspecified atom stereocenters. The molecule has 0 amide bonds. The van der Waals surface area contributed by atoms with Crippen molar-refractivity contribution in [1.82, 2.24) is 4.72 Å². The van der Waals surface area contributed by atoms with E-state index in [1.54, 1.807) is 6.92 Å². The first kappa shape index (κ1) is 14.1. The highest BCUT2D eigenvalue weighted by Gasteiger charge is 2.27. The lowest BCUT2D eigenvalue weighted by Crippen LogP contribution is -2.45. The van der Waals surface area contributed by atoms with Gasteiger partial charge in [0.1, 0.15) is 6.04 Å². The fraction of sp³-hybridized carbons (Fsp3) is 0.667. The van der Waals surface area contributed by atoms with Crippen LogP contribution in [0.5, 0.6) is 0 Å². The molecule has 0 radical (unpaired) electrons. The smallest absolute Gasteiger partial charge is 0.322 e. The lowest BCUT2D eigenvalue weighted by molar-refractivity contribution is -0.140. The maximum Gasteiger partial charge on any atom is 0.322 e. The van der Waals surface area contributed by atoms with Crippen LogP contribution in [0.15, 0.2) is 12.7 Å². The van der Waals surface area contributed by atoms with Crippen LogP contribution in [0.1, 0.15) is 20.3 Å². The second-order valence-electron chi connectivity index (χ2n) is 3.39. The summed E-state index contributed by atoms with van der Waals surface area (Å²) in [4.78, 5) is 10.8. The number of carboxylic acids is 1. The van der Waals surface area contributed by atoms with Crippen molar-refractivity contribution in [2.45, 2.75) is 26.3 Å². The molecule has 88 valence electrons. The largest absolute Gasteiger partial charge is 0.480 e. The van der Waals surface area contributed by atoms with Crippen molar-refractivity contribution in [2.24, 2.45) is 5.92 Å². The number of hydrogen-bond acceptors (Lipinski definition) is 3. The van der Waals surface area contributed by atoms with E-state index in [-0.39, 0.29) is 11.7 Å². The second kappa shape index (κ2) is 5.87. The zero-order valence-electron chi connectivity index (χ0n) is 8.93. The van der Waals surface area contributed by atoms with Crippen LogP contribution >= 0.6 is 0 Å². The zero-order chi connectivity index (χ0) is 12.1. The van der Waals surface area contributed by atoms with Crippen molar-refractivity contribution in [3.8, 4) is 0 Å². The van der Waals surface area contributed by atoms with Crippen molar-refractivity contribution in [2.75, 3.05) is 5.75 Å². The van der Waals surface area contributed by atoms with Crippen molar-refractivity contribution < 1.29 is 18.3 Å². The monoisotopic (exact) mass is 235 g/mol. The molecule has 0 rings (SSSR count). The van der Waals surface area contributed by atoms with Gasteiger partial charge in [-0.1, -0.05) is 26.3 Å². The average Bonchev–Trinajstić information content (AvgIpc) is 2.12. The predicted molar refractivity (Wildman–Crippen MR) is 58.0 cm³/mol. The number of hydrogen-bond donors (Lipinski definition) is 2. The Morgan fingerprint density at radius 1 is 1.60 bits per heavy atom. The van der Waals surface area contributed by atoms with Gasteiger partial charge in [0.2, 0.25) is 10.0 Å². The fourth-order valence-electron chi connectivity index (χ4n) is 1.04. The van der Waals surface area contributed by atoms with Crippen molar-refractivity contribution in [3.05, 3.63) is 12.7 Å². The van der Waals surface area contributed by atoms with Gasteiger partial charge in [-0.25, -0.2) is 13.1 Å². The Morgan fingerprint density at radius 3 is 2.47 bits per heavy atom. The summed E-state index contributed by atoms with van der Waals surface area (Å²) in [5.41, 5.74) is 0. The molecular formula is C9H17NO4S. The molecule has 0 spiro atoms. The molecule has 0 saturated carbocycles. The number of carbonyl (C=O) groups is 1. The molecular weight excluding hydrogens is 218 g/mol. The predicted octanol–water partition coefficient (Wildman–Crippen LogP) is 0.591. The maximum absolute atomic E-state index is 11.3. The van der Waals surface area contributed by atoms with Crippen LogP contribution < -0.4 is 4.72 Å². The number of rotatable bonds is 7. The molecule has 0 aliphatic rings. The first-order valence-corrected chi connectivity index (χ1v) is 6.33. The van der Waals surface area contributed by atoms with Gasteiger partial charge in [0, 0.05) is 0 Å². The van der Waals surface area contributed by atoms with E-state index < -0.39 is 22.0 Å². The van der Waals surface area contributed by atoms with E-state index in [4.69, 9.17) is 5.11 Å². The highest BCUT2D eigenvalue weighted by Crippen LogP contribution is 2.09. The van der Waals surface area contributed by atoms with Gasteiger partial charge in [0.05, 0.1) is 5.75 Å². The summed E-state index contributed by atoms with van der Waals surface area (Å²) in [5.74, 6) is -1.67. The number of carboxylic acid groups (broad SMARTS) is 1. The Hall–Kier alpha value is -0.880. The molecule has 0 bridgehead atoms. The van der Waals surface area contributed by atoms with E-state index in [1.165, 1.54) is 6.08 Å². The molecule has 0 aliphatic carbocycles. The molecule has 0 aromatic rings. The van der Waals surface area contributed by atoms with Gasteiger partial charge in [-0.3, -0.25) is 4.79 Å². The van der Waals surface area contributed by atoms with Crippen LogP contribution in [-0.4, -0.2) is 31.3 Å². The number of sulfonamides is 1. The number of nitrogens with one attached hydrogen (secondary N) is 1. The molecule has 6 heteroatoms. The van der Waals surface area contributed by atoms with Crippen LogP contribution in [0.4, 0.5) is 0 Å². The van der Waals surface area contributed by atoms with Gasteiger partial charge in [-0.15, -0.1) is 6.58 Å². The minimum atomic E-state index is -3.58. The van der Waals surface area contributed by atoms with Crippen LogP contribution in [-0.2, 0) is 14.8 Å². The van der Waals surface area contributed by atoms with Crippen LogP contribution in [0.3, 0.4) is 0 Å². The third-order valence-electron chi connectivity index (χ3n) is 2.12. The number of aliphatic carboxylic acids is 1. The molecule has 0 aromatic heterocycles. The van der Waals surface area contributed by atoms with Gasteiger partial charge in [-0.05, 0) is 5.92 Å². The minimum absolute atomic E-state index is 0.248. The average molecular weight is 235 g/mol. The van der Waals surface area contributed by atoms with Gasteiger partial charge in [0.15, 0.2) is 0 Å². The van der Waals surface area contributed by atoms with E-state index >= 15 is 0 Å². The van der Waals surface area contributed by atoms with Crippen LogP contribution in [0, 0.1) is 5.92 Å². The summed E-state index contributed by atoms with van der Waals surface area (Å²) in [7, 11) is -3.58. The van der Waals surface area contributed by atoms with E-state index in [0.717, 1.165) is 0 Å². The lowest BCUT2D eigenvalue weighted by Gasteiger charge is -2.19. The normalized spacial score (nSPS) is 15.6. The SMILES string of the molecule is C=CCS(=O)(=O)N[C@H](C(=O)O)C(C)CC. The summed E-state index contributed by atoms with van der Waals surface area (Å²) >= 11 is 0. The highest BCUT2D eigenvalue weighted by atomic mass is 32.2. The van der Waals surface area contributed by atoms with Gasteiger partial charge >= 0.3 is 5.97 Å². The highest BCUT2D eigenvalue weighted by molar-refractivity contribution is 7.89. The Bertz CT molecular complexity index is 323. The Labute approximate surface area is 90.2 Å². The molecule has 0 aromatic carbocycles. The van der Waals surface area contributed by atoms with E-state index in [2.05, 4.69) is 11.3 Å². The standard InChI is InChI=1S/C9H17NO4S/c1-4-6-15(13,14)10-8(9(11)12)7(3)5-2/h4,7-8,10H,1,5-6H2,2-3H3,(H,11,12)/t7?,8-/m0/s1. The van der Waals surface area contributed by atoms with Crippen molar-refractivity contribution in [1.29, 1.82) is 0 Å². The minimum Gasteiger partial charge on any atom is -0.480 e. The molecule has 0 fully saturated rings. The summed E-state index contributed by atoms with van der Waals surface area (Å²) in [6.07, 6.45) is 1.81. The summed E-state index contributed by atoms with van der Waals surface area (Å²) in [6, 6.07) is -1.07. The molecule has 0 saturated heterocycles. The van der Waals surface area contributed by atoms with Gasteiger partial charge in [-0.2, -0.15) is 0 Å². The molecule has 0 aliphatic heterocycles. The van der Waals surface area contributed by atoms with E-state index in [1.807, 2.05) is 6.92 Å². The summed E-state index contributed by atoms with van der Waals surface area (Å²) in [5, 5.41) is 8.85. The summed E-state index contributed by atoms with van der Waals surface area (Å²) < 4.78 is 24.8. The first-order chi connectivity index (χ1) is 6.84. The molecule has 15 heavy (non-hydrogen) atoms. The van der Waals surface area contributed by atoms with E-state index in [9.17, 15) is 13.2 Å². The second-order valence-corrected chi connectivity index (χ2v) is 5.19.